The number of hydrogen-bond acceptors (Lipinski definition) is 1. The van der Waals surface area contributed by atoms with Gasteiger partial charge in [0.05, 0.1) is 0 Å². The number of hydrogen-bond donors (Lipinski definition) is 1. The van der Waals surface area contributed by atoms with Crippen LogP contribution in [0.2, 0.25) is 0 Å². The third-order valence-corrected chi connectivity index (χ3v) is 2.64. The summed E-state index contributed by atoms with van der Waals surface area (Å²) in [5.41, 5.74) is 7.21. The van der Waals surface area contributed by atoms with Gasteiger partial charge in [-0.3, -0.25) is 0 Å². The highest BCUT2D eigenvalue weighted by Gasteiger charge is 2.02. The van der Waals surface area contributed by atoms with E-state index in [1.165, 1.54) is 16.3 Å². The Morgan fingerprint density at radius 2 is 1.73 bits per heavy atom. The third kappa shape index (κ3) is 2.49. The fourth-order valence-corrected chi connectivity index (χ4v) is 1.67. The van der Waals surface area contributed by atoms with Crippen LogP contribution in [0.5, 0.6) is 0 Å². The summed E-state index contributed by atoms with van der Waals surface area (Å²) < 4.78 is 0. The van der Waals surface area contributed by atoms with Gasteiger partial charge < -0.3 is 5.73 Å². The maximum atomic E-state index is 5.99. The fraction of sp³-hybridized carbons (Fsp3) is 0.231. The van der Waals surface area contributed by atoms with E-state index in [1.54, 1.807) is 0 Å². The lowest BCUT2D eigenvalue weighted by Gasteiger charge is -2.09. The average Bonchev–Trinajstić information content (AvgIpc) is 2.27. The Balaban J connectivity index is 0.00000112. The normalized spacial score (nSPS) is 12.1. The van der Waals surface area contributed by atoms with Gasteiger partial charge >= 0.3 is 0 Å². The van der Waals surface area contributed by atoms with Gasteiger partial charge in [0.15, 0.2) is 0 Å². The Kier molecular flexibility index (Phi) is 4.13. The molecule has 0 heterocycles. The fourth-order valence-electron chi connectivity index (χ4n) is 1.67. The zero-order chi connectivity index (χ0) is 9.97. The van der Waals surface area contributed by atoms with Crippen molar-refractivity contribution < 1.29 is 0 Å². The van der Waals surface area contributed by atoms with E-state index in [2.05, 4.69) is 49.4 Å². The highest BCUT2D eigenvalue weighted by Crippen LogP contribution is 2.20. The molecule has 0 spiro atoms. The summed E-state index contributed by atoms with van der Waals surface area (Å²) >= 11 is 0. The Morgan fingerprint density at radius 1 is 1.07 bits per heavy atom. The number of rotatable bonds is 2. The molecule has 0 saturated carbocycles. The van der Waals surface area contributed by atoms with E-state index in [0.29, 0.717) is 0 Å². The molecule has 1 nitrogen and oxygen atoms in total. The molecular weight excluding hydrogens is 206 g/mol. The summed E-state index contributed by atoms with van der Waals surface area (Å²) in [7, 11) is 0. The minimum absolute atomic E-state index is 0. The van der Waals surface area contributed by atoms with E-state index in [-0.39, 0.29) is 18.4 Å². The van der Waals surface area contributed by atoms with Crippen LogP contribution in [0.15, 0.2) is 42.5 Å². The average molecular weight is 222 g/mol. The summed E-state index contributed by atoms with van der Waals surface area (Å²) in [5, 5.41) is 2.55. The van der Waals surface area contributed by atoms with Crippen molar-refractivity contribution in [3.05, 3.63) is 48.0 Å². The summed E-state index contributed by atoms with van der Waals surface area (Å²) in [4.78, 5) is 0. The second kappa shape index (κ2) is 5.15. The van der Waals surface area contributed by atoms with Gasteiger partial charge in [0.25, 0.3) is 0 Å². The molecule has 2 rings (SSSR count). The molecule has 0 unspecified atom stereocenters. The van der Waals surface area contributed by atoms with Crippen LogP contribution in [-0.2, 0) is 0 Å². The molecule has 1 atom stereocenters. The van der Waals surface area contributed by atoms with Crippen molar-refractivity contribution in [2.75, 3.05) is 0 Å². The van der Waals surface area contributed by atoms with Gasteiger partial charge in [0, 0.05) is 6.04 Å². The summed E-state index contributed by atoms with van der Waals surface area (Å²) in [6.45, 7) is 2.11. The maximum absolute atomic E-state index is 5.99. The molecule has 0 amide bonds. The molecule has 0 radical (unpaired) electrons. The van der Waals surface area contributed by atoms with Crippen molar-refractivity contribution >= 4 is 23.2 Å². The van der Waals surface area contributed by atoms with Crippen molar-refractivity contribution in [1.29, 1.82) is 0 Å². The standard InChI is InChI=1S/C13H15N.ClH/c1-2-13(14)12-8-7-10-5-3-4-6-11(10)9-12;/h3-9,13H,2,14H2,1H3;1H/t13-;/m0./s1. The topological polar surface area (TPSA) is 26.0 Å². The third-order valence-electron chi connectivity index (χ3n) is 2.64. The first-order chi connectivity index (χ1) is 6.81. The van der Waals surface area contributed by atoms with Crippen LogP contribution in [0.3, 0.4) is 0 Å². The van der Waals surface area contributed by atoms with Crippen LogP contribution in [0.4, 0.5) is 0 Å². The van der Waals surface area contributed by atoms with E-state index in [4.69, 9.17) is 5.73 Å². The minimum atomic E-state index is 0. The van der Waals surface area contributed by atoms with Gasteiger partial charge in [-0.05, 0) is 28.8 Å². The van der Waals surface area contributed by atoms with E-state index in [9.17, 15) is 0 Å². The van der Waals surface area contributed by atoms with E-state index in [1.807, 2.05) is 0 Å². The highest BCUT2D eigenvalue weighted by molar-refractivity contribution is 5.85. The molecular formula is C13H16ClN. The predicted molar refractivity (Wildman–Crippen MR) is 68.4 cm³/mol. The number of nitrogens with two attached hydrogens (primary N) is 1. The molecule has 2 heteroatoms. The molecule has 0 saturated heterocycles. The van der Waals surface area contributed by atoms with Crippen molar-refractivity contribution in [1.82, 2.24) is 0 Å². The molecule has 0 aromatic heterocycles. The number of benzene rings is 2. The summed E-state index contributed by atoms with van der Waals surface area (Å²) in [6.07, 6.45) is 0.984. The van der Waals surface area contributed by atoms with Crippen LogP contribution in [0, 0.1) is 0 Å². The van der Waals surface area contributed by atoms with Gasteiger partial charge in [-0.1, -0.05) is 43.3 Å². The summed E-state index contributed by atoms with van der Waals surface area (Å²) in [5.74, 6) is 0. The van der Waals surface area contributed by atoms with Gasteiger partial charge in [-0.15, -0.1) is 12.4 Å². The second-order valence-electron chi connectivity index (χ2n) is 3.62. The van der Waals surface area contributed by atoms with Crippen molar-refractivity contribution in [3.63, 3.8) is 0 Å². The number of fused-ring (bicyclic) bond motifs is 1. The SMILES string of the molecule is CC[C@H](N)c1ccc2ccccc2c1.Cl. The van der Waals surface area contributed by atoms with E-state index >= 15 is 0 Å². The first kappa shape index (κ1) is 12.0. The maximum Gasteiger partial charge on any atom is 0.0292 e. The van der Waals surface area contributed by atoms with E-state index in [0.717, 1.165) is 6.42 Å². The van der Waals surface area contributed by atoms with Crippen molar-refractivity contribution in [2.45, 2.75) is 19.4 Å². The van der Waals surface area contributed by atoms with Crippen LogP contribution in [0.25, 0.3) is 10.8 Å². The molecule has 0 aliphatic carbocycles. The number of halogens is 1. The van der Waals surface area contributed by atoms with Crippen LogP contribution in [0.1, 0.15) is 24.9 Å². The molecule has 0 aliphatic heterocycles. The lowest BCUT2D eigenvalue weighted by molar-refractivity contribution is 0.700. The van der Waals surface area contributed by atoms with E-state index < -0.39 is 0 Å². The van der Waals surface area contributed by atoms with Crippen molar-refractivity contribution in [3.8, 4) is 0 Å². The van der Waals surface area contributed by atoms with Crippen LogP contribution in [-0.4, -0.2) is 0 Å². The quantitative estimate of drug-likeness (QED) is 0.823. The monoisotopic (exact) mass is 221 g/mol. The minimum Gasteiger partial charge on any atom is -0.324 e. The highest BCUT2D eigenvalue weighted by atomic mass is 35.5. The zero-order valence-corrected chi connectivity index (χ0v) is 9.63. The largest absolute Gasteiger partial charge is 0.324 e. The van der Waals surface area contributed by atoms with Crippen LogP contribution < -0.4 is 5.73 Å². The lowest BCUT2D eigenvalue weighted by atomic mass is 10.0. The molecule has 2 aromatic carbocycles. The van der Waals surface area contributed by atoms with Crippen LogP contribution >= 0.6 is 12.4 Å². The lowest BCUT2D eigenvalue weighted by Crippen LogP contribution is -2.08. The zero-order valence-electron chi connectivity index (χ0n) is 8.81. The first-order valence-corrected chi connectivity index (χ1v) is 5.05. The second-order valence-corrected chi connectivity index (χ2v) is 3.62. The molecule has 0 bridgehead atoms. The molecule has 0 aliphatic rings. The molecule has 80 valence electrons. The van der Waals surface area contributed by atoms with Crippen molar-refractivity contribution in [2.24, 2.45) is 5.73 Å². The summed E-state index contributed by atoms with van der Waals surface area (Å²) in [6, 6.07) is 15.0. The van der Waals surface area contributed by atoms with Gasteiger partial charge in [-0.2, -0.15) is 0 Å². The van der Waals surface area contributed by atoms with Gasteiger partial charge in [0.1, 0.15) is 0 Å². The Bertz CT molecular complexity index is 439. The Hall–Kier alpha value is -1.05. The van der Waals surface area contributed by atoms with Gasteiger partial charge in [0.2, 0.25) is 0 Å². The molecule has 2 aromatic rings. The predicted octanol–water partition coefficient (Wildman–Crippen LogP) is 3.67. The first-order valence-electron chi connectivity index (χ1n) is 5.05. The molecule has 0 fully saturated rings. The Labute approximate surface area is 96.7 Å². The van der Waals surface area contributed by atoms with Gasteiger partial charge in [-0.25, -0.2) is 0 Å². The Morgan fingerprint density at radius 3 is 2.40 bits per heavy atom. The molecule has 2 N–H and O–H groups in total. The smallest absolute Gasteiger partial charge is 0.0292 e. The molecule has 15 heavy (non-hydrogen) atoms.